The number of anilines is 1. The number of hydrogen-bond acceptors (Lipinski definition) is 2. The lowest BCUT2D eigenvalue weighted by molar-refractivity contribution is -0.131. The van der Waals surface area contributed by atoms with Crippen molar-refractivity contribution < 1.29 is 9.59 Å². The summed E-state index contributed by atoms with van der Waals surface area (Å²) < 4.78 is 0. The second kappa shape index (κ2) is 6.08. The van der Waals surface area contributed by atoms with Crippen molar-refractivity contribution in [3.05, 3.63) is 29.3 Å². The Bertz CT molecular complexity index is 764. The monoisotopic (exact) mass is 366 g/mol. The average Bonchev–Trinajstić information content (AvgIpc) is 2.97. The highest BCUT2D eigenvalue weighted by Crippen LogP contribution is 2.55. The van der Waals surface area contributed by atoms with Crippen LogP contribution < -0.4 is 10.2 Å². The van der Waals surface area contributed by atoms with Crippen LogP contribution in [-0.2, 0) is 9.59 Å². The molecule has 27 heavy (non-hydrogen) atoms. The Morgan fingerprint density at radius 1 is 1.07 bits per heavy atom. The standard InChI is InChI=1S/C23H30N2O2/c1-14-4-3-5-20(15(14)2)25-13-19(9-21(25)26)22(27)24-23-10-16-6-17(11-23)8-18(7-16)12-23/h3-5,16-19H,6-13H2,1-2H3,(H,24,27)/t16?,17?,18?,19-,23?/m1/s1. The highest BCUT2D eigenvalue weighted by atomic mass is 16.2. The molecule has 6 rings (SSSR count). The minimum absolute atomic E-state index is 0.0293. The number of aryl methyl sites for hydroxylation is 1. The number of carbonyl (C=O) groups excluding carboxylic acids is 2. The molecule has 0 aromatic heterocycles. The van der Waals surface area contributed by atoms with E-state index in [4.69, 9.17) is 0 Å². The smallest absolute Gasteiger partial charge is 0.227 e. The predicted molar refractivity (Wildman–Crippen MR) is 105 cm³/mol. The molecule has 1 atom stereocenters. The summed E-state index contributed by atoms with van der Waals surface area (Å²) in [4.78, 5) is 27.6. The molecule has 1 aromatic rings. The van der Waals surface area contributed by atoms with E-state index in [0.717, 1.165) is 48.3 Å². The topological polar surface area (TPSA) is 49.4 Å². The van der Waals surface area contributed by atoms with Gasteiger partial charge < -0.3 is 10.2 Å². The quantitative estimate of drug-likeness (QED) is 0.886. The molecule has 1 aromatic carbocycles. The minimum atomic E-state index is -0.217. The normalized spacial score (nSPS) is 37.1. The third-order valence-corrected chi connectivity index (χ3v) is 7.79. The van der Waals surface area contributed by atoms with E-state index >= 15 is 0 Å². The van der Waals surface area contributed by atoms with Gasteiger partial charge in [-0.15, -0.1) is 0 Å². The van der Waals surface area contributed by atoms with Gasteiger partial charge in [-0.2, -0.15) is 0 Å². The zero-order chi connectivity index (χ0) is 18.8. The van der Waals surface area contributed by atoms with Gasteiger partial charge in [0.2, 0.25) is 11.8 Å². The fourth-order valence-corrected chi connectivity index (χ4v) is 6.77. The lowest BCUT2D eigenvalue weighted by Crippen LogP contribution is -2.60. The van der Waals surface area contributed by atoms with Crippen LogP contribution in [0.25, 0.3) is 0 Å². The van der Waals surface area contributed by atoms with Gasteiger partial charge in [-0.3, -0.25) is 9.59 Å². The van der Waals surface area contributed by atoms with Gasteiger partial charge in [0.1, 0.15) is 0 Å². The number of nitrogens with zero attached hydrogens (tertiary/aromatic N) is 1. The Morgan fingerprint density at radius 2 is 1.70 bits per heavy atom. The zero-order valence-corrected chi connectivity index (χ0v) is 16.5. The van der Waals surface area contributed by atoms with Crippen molar-refractivity contribution in [2.24, 2.45) is 23.7 Å². The van der Waals surface area contributed by atoms with Gasteiger partial charge in [-0.25, -0.2) is 0 Å². The summed E-state index contributed by atoms with van der Waals surface area (Å²) in [6.45, 7) is 4.64. The van der Waals surface area contributed by atoms with Crippen molar-refractivity contribution in [1.29, 1.82) is 0 Å². The second-order valence-corrected chi connectivity index (χ2v) is 9.81. The molecule has 0 spiro atoms. The van der Waals surface area contributed by atoms with E-state index in [1.165, 1.54) is 24.8 Å². The van der Waals surface area contributed by atoms with Crippen molar-refractivity contribution in [3.63, 3.8) is 0 Å². The zero-order valence-electron chi connectivity index (χ0n) is 16.5. The predicted octanol–water partition coefficient (Wildman–Crippen LogP) is 3.74. The molecule has 1 saturated heterocycles. The Kier molecular flexibility index (Phi) is 3.89. The van der Waals surface area contributed by atoms with Gasteiger partial charge in [0.15, 0.2) is 0 Å². The van der Waals surface area contributed by atoms with Gasteiger partial charge in [-0.1, -0.05) is 12.1 Å². The summed E-state index contributed by atoms with van der Waals surface area (Å²) in [6, 6.07) is 6.06. The Balaban J connectivity index is 1.31. The van der Waals surface area contributed by atoms with Gasteiger partial charge in [-0.05, 0) is 87.3 Å². The number of rotatable bonds is 3. The van der Waals surface area contributed by atoms with Crippen LogP contribution in [-0.4, -0.2) is 23.9 Å². The van der Waals surface area contributed by atoms with E-state index in [-0.39, 0.29) is 23.3 Å². The molecule has 0 unspecified atom stereocenters. The summed E-state index contributed by atoms with van der Waals surface area (Å²) in [5, 5.41) is 3.47. The summed E-state index contributed by atoms with van der Waals surface area (Å²) in [5.41, 5.74) is 3.31. The van der Waals surface area contributed by atoms with Gasteiger partial charge in [0, 0.05) is 24.2 Å². The molecular formula is C23H30N2O2. The molecule has 4 heteroatoms. The summed E-state index contributed by atoms with van der Waals surface area (Å²) in [7, 11) is 0. The molecule has 2 amide bonds. The molecule has 0 radical (unpaired) electrons. The van der Waals surface area contributed by atoms with Crippen LogP contribution in [0.1, 0.15) is 56.1 Å². The summed E-state index contributed by atoms with van der Waals surface area (Å²) in [6.07, 6.45) is 7.93. The molecule has 5 fully saturated rings. The highest BCUT2D eigenvalue weighted by molar-refractivity contribution is 6.01. The Labute approximate surface area is 161 Å². The second-order valence-electron chi connectivity index (χ2n) is 9.81. The molecule has 1 aliphatic heterocycles. The van der Waals surface area contributed by atoms with Crippen LogP contribution in [0.5, 0.6) is 0 Å². The number of hydrogen-bond donors (Lipinski definition) is 1. The maximum Gasteiger partial charge on any atom is 0.227 e. The van der Waals surface area contributed by atoms with Crippen molar-refractivity contribution in [2.45, 2.75) is 64.3 Å². The van der Waals surface area contributed by atoms with Gasteiger partial charge in [0.25, 0.3) is 0 Å². The first-order valence-electron chi connectivity index (χ1n) is 10.6. The minimum Gasteiger partial charge on any atom is -0.350 e. The van der Waals surface area contributed by atoms with E-state index in [2.05, 4.69) is 25.2 Å². The number of amides is 2. The first kappa shape index (κ1) is 17.3. The highest BCUT2D eigenvalue weighted by Gasteiger charge is 2.52. The number of benzene rings is 1. The van der Waals surface area contributed by atoms with Gasteiger partial charge >= 0.3 is 0 Å². The number of carbonyl (C=O) groups is 2. The molecule has 4 aliphatic carbocycles. The van der Waals surface area contributed by atoms with E-state index in [0.29, 0.717) is 13.0 Å². The lowest BCUT2D eigenvalue weighted by Gasteiger charge is -2.57. The third kappa shape index (κ3) is 2.88. The molecular weight excluding hydrogens is 336 g/mol. The summed E-state index contributed by atoms with van der Waals surface area (Å²) >= 11 is 0. The van der Waals surface area contributed by atoms with Crippen LogP contribution >= 0.6 is 0 Å². The maximum atomic E-state index is 13.1. The molecule has 144 valence electrons. The molecule has 1 heterocycles. The van der Waals surface area contributed by atoms with Crippen molar-refractivity contribution in [3.8, 4) is 0 Å². The van der Waals surface area contributed by atoms with E-state index < -0.39 is 0 Å². The average molecular weight is 367 g/mol. The first-order chi connectivity index (χ1) is 12.9. The van der Waals surface area contributed by atoms with Crippen LogP contribution in [0, 0.1) is 37.5 Å². The molecule has 5 aliphatic rings. The first-order valence-corrected chi connectivity index (χ1v) is 10.6. The summed E-state index contributed by atoms with van der Waals surface area (Å²) in [5.74, 6) is 2.41. The van der Waals surface area contributed by atoms with Crippen LogP contribution in [0.3, 0.4) is 0 Å². The van der Waals surface area contributed by atoms with Crippen molar-refractivity contribution in [2.75, 3.05) is 11.4 Å². The van der Waals surface area contributed by atoms with Crippen LogP contribution in [0.4, 0.5) is 5.69 Å². The Morgan fingerprint density at radius 3 is 2.33 bits per heavy atom. The maximum absolute atomic E-state index is 13.1. The fraction of sp³-hybridized carbons (Fsp3) is 0.652. The molecule has 1 N–H and O–H groups in total. The van der Waals surface area contributed by atoms with Crippen molar-refractivity contribution in [1.82, 2.24) is 5.32 Å². The fourth-order valence-electron chi connectivity index (χ4n) is 6.77. The third-order valence-electron chi connectivity index (χ3n) is 7.79. The van der Waals surface area contributed by atoms with Crippen LogP contribution in [0.2, 0.25) is 0 Å². The van der Waals surface area contributed by atoms with Crippen molar-refractivity contribution >= 4 is 17.5 Å². The van der Waals surface area contributed by atoms with E-state index in [1.807, 2.05) is 17.0 Å². The molecule has 4 bridgehead atoms. The largest absolute Gasteiger partial charge is 0.350 e. The van der Waals surface area contributed by atoms with Crippen LogP contribution in [0.15, 0.2) is 18.2 Å². The van der Waals surface area contributed by atoms with E-state index in [1.54, 1.807) is 0 Å². The van der Waals surface area contributed by atoms with E-state index in [9.17, 15) is 9.59 Å². The molecule has 4 saturated carbocycles. The number of nitrogens with one attached hydrogen (secondary N) is 1. The Hall–Kier alpha value is -1.84. The molecule has 4 nitrogen and oxygen atoms in total. The SMILES string of the molecule is Cc1cccc(N2C[C@H](C(=O)NC34CC5CC(CC(C5)C3)C4)CC2=O)c1C. The lowest BCUT2D eigenvalue weighted by atomic mass is 9.53. The van der Waals surface area contributed by atoms with Gasteiger partial charge in [0.05, 0.1) is 5.92 Å².